The van der Waals surface area contributed by atoms with E-state index in [0.717, 1.165) is 0 Å². The van der Waals surface area contributed by atoms with Crippen LogP contribution in [0.1, 0.15) is 0 Å². The van der Waals surface area contributed by atoms with Gasteiger partial charge in [0, 0.05) is 22.4 Å². The molecule has 2 N–H and O–H groups in total. The van der Waals surface area contributed by atoms with Gasteiger partial charge in [-0.05, 0) is 0 Å². The molecule has 71 valence electrons. The van der Waals surface area contributed by atoms with E-state index in [1.807, 2.05) is 0 Å². The van der Waals surface area contributed by atoms with Crippen LogP contribution in [0, 0.1) is 13.4 Å². The van der Waals surface area contributed by atoms with Crippen LogP contribution in [0.25, 0.3) is 6.15 Å². The number of nitrogens with two attached hydrogens (primary N) is 1. The quantitative estimate of drug-likeness (QED) is 0.364. The summed E-state index contributed by atoms with van der Waals surface area (Å²) in [5, 5.41) is 0. The molecular weight excluding hydrogens is 260 g/mol. The van der Waals surface area contributed by atoms with Gasteiger partial charge in [0.15, 0.2) is 13.4 Å². The second-order valence-electron chi connectivity index (χ2n) is 0.429. The molecule has 0 spiro atoms. The smallest absolute Gasteiger partial charge is 0.154 e. The molecule has 0 aromatic rings. The van der Waals surface area contributed by atoms with E-state index in [1.165, 1.54) is 0 Å². The number of halogens is 6. The normalized spacial score (nSPS) is 7.20. The number of hydrogen-bond acceptors (Lipinski definition) is 0. The molecule has 0 unspecified atom stereocenters. The molecule has 0 fully saturated rings. The molecule has 0 saturated carbocycles. The van der Waals surface area contributed by atoms with Crippen LogP contribution in [0.3, 0.4) is 0 Å². The Hall–Kier alpha value is 0.280. The summed E-state index contributed by atoms with van der Waals surface area (Å²) in [5.74, 6) is 0. The maximum absolute atomic E-state index is 9.58. The molecule has 0 aliphatic heterocycles. The van der Waals surface area contributed by atoms with Crippen LogP contribution in [-0.2, 0) is 22.4 Å². The summed E-state index contributed by atoms with van der Waals surface area (Å²) in [6.45, 7) is -6.17. The predicted octanol–water partition coefficient (Wildman–Crippen LogP) is 3.40. The second-order valence-corrected chi connectivity index (χ2v) is 0.429. The first kappa shape index (κ1) is 22.4. The van der Waals surface area contributed by atoms with Gasteiger partial charge in [-0.25, -0.2) is 0 Å². The molecule has 0 aromatic carbocycles. The maximum atomic E-state index is 9.58. The van der Waals surface area contributed by atoms with E-state index in [0.29, 0.717) is 0 Å². The van der Waals surface area contributed by atoms with Crippen molar-refractivity contribution in [3.8, 4) is 0 Å². The average Bonchev–Trinajstić information content (AvgIpc) is 1.25. The van der Waals surface area contributed by atoms with Crippen molar-refractivity contribution in [2.45, 2.75) is 0 Å². The first-order valence-corrected chi connectivity index (χ1v) is 1.13. The van der Waals surface area contributed by atoms with Gasteiger partial charge in [-0.3, -0.25) is 0 Å². The van der Waals surface area contributed by atoms with Crippen molar-refractivity contribution < 1.29 is 48.7 Å². The fourth-order valence-electron chi connectivity index (χ4n) is 0. The predicted molar refractivity (Wildman–Crippen MR) is 18.4 cm³/mol. The standard InChI is InChI=1S/2CF3.Ag.H2N/c2*2-1(3)4;;/h;;;1H2/q2*-1;;-1. The van der Waals surface area contributed by atoms with Crippen LogP contribution in [0.5, 0.6) is 0 Å². The van der Waals surface area contributed by atoms with Crippen LogP contribution in [0.2, 0.25) is 0 Å². The van der Waals surface area contributed by atoms with E-state index < -0.39 is 13.4 Å². The zero-order valence-corrected chi connectivity index (χ0v) is 5.63. The molecule has 8 heteroatoms. The fraction of sp³-hybridized carbons (Fsp3) is 0. The Morgan fingerprint density at radius 2 is 0.600 bits per heavy atom. The van der Waals surface area contributed by atoms with E-state index in [4.69, 9.17) is 0 Å². The number of rotatable bonds is 0. The Morgan fingerprint density at radius 1 is 0.600 bits per heavy atom. The van der Waals surface area contributed by atoms with Gasteiger partial charge in [0.25, 0.3) is 0 Å². The van der Waals surface area contributed by atoms with Gasteiger partial charge in [-0.15, -0.1) is 0 Å². The van der Waals surface area contributed by atoms with Crippen molar-refractivity contribution in [2.75, 3.05) is 0 Å². The monoisotopic (exact) mass is 261 g/mol. The largest absolute Gasteiger partial charge is 0.693 e. The third-order valence-corrected chi connectivity index (χ3v) is 0. The molecular formula is C2H2AgF6N-3. The molecule has 0 rings (SSSR count). The molecule has 0 aliphatic rings. The molecule has 0 atom stereocenters. The van der Waals surface area contributed by atoms with Crippen molar-refractivity contribution in [3.63, 3.8) is 0 Å². The molecule has 0 saturated heterocycles. The minimum absolute atomic E-state index is 0. The van der Waals surface area contributed by atoms with Crippen LogP contribution in [-0.4, -0.2) is 0 Å². The van der Waals surface area contributed by atoms with Crippen LogP contribution < -0.4 is 0 Å². The summed E-state index contributed by atoms with van der Waals surface area (Å²) >= 11 is 0. The Balaban J connectivity index is -0.0000000300. The third-order valence-electron chi connectivity index (χ3n) is 0. The van der Waals surface area contributed by atoms with E-state index in [2.05, 4.69) is 0 Å². The summed E-state index contributed by atoms with van der Waals surface area (Å²) < 4.78 is 57.5. The molecule has 1 nitrogen and oxygen atoms in total. The summed E-state index contributed by atoms with van der Waals surface area (Å²) in [4.78, 5) is 0. The Kier molecular flexibility index (Phi) is 36.2. The molecule has 0 aliphatic carbocycles. The van der Waals surface area contributed by atoms with Gasteiger partial charge in [0.2, 0.25) is 0 Å². The fourth-order valence-corrected chi connectivity index (χ4v) is 0. The van der Waals surface area contributed by atoms with Crippen LogP contribution >= 0.6 is 0 Å². The van der Waals surface area contributed by atoms with Crippen molar-refractivity contribution in [1.29, 1.82) is 0 Å². The van der Waals surface area contributed by atoms with Crippen molar-refractivity contribution in [2.24, 2.45) is 0 Å². The third kappa shape index (κ3) is 5590. The van der Waals surface area contributed by atoms with Crippen molar-refractivity contribution >= 4 is 0 Å². The van der Waals surface area contributed by atoms with Crippen LogP contribution in [0.15, 0.2) is 0 Å². The van der Waals surface area contributed by atoms with Gasteiger partial charge in [-0.1, -0.05) is 0 Å². The first-order valence-electron chi connectivity index (χ1n) is 1.13. The second kappa shape index (κ2) is 16.1. The Labute approximate surface area is 68.9 Å². The first-order chi connectivity index (χ1) is 3.46. The van der Waals surface area contributed by atoms with Crippen LogP contribution in [0.4, 0.5) is 26.3 Å². The maximum Gasteiger partial charge on any atom is 0.154 e. The summed E-state index contributed by atoms with van der Waals surface area (Å²) in [6, 6.07) is 0. The minimum atomic E-state index is -3.08. The van der Waals surface area contributed by atoms with Crippen molar-refractivity contribution in [1.82, 2.24) is 0 Å². The summed E-state index contributed by atoms with van der Waals surface area (Å²) in [5.41, 5.74) is 0. The van der Waals surface area contributed by atoms with E-state index in [1.54, 1.807) is 0 Å². The van der Waals surface area contributed by atoms with E-state index in [9.17, 15) is 26.3 Å². The van der Waals surface area contributed by atoms with E-state index in [-0.39, 0.29) is 28.5 Å². The zero-order valence-electron chi connectivity index (χ0n) is 4.15. The van der Waals surface area contributed by atoms with Gasteiger partial charge < -0.3 is 32.5 Å². The summed E-state index contributed by atoms with van der Waals surface area (Å²) in [6.07, 6.45) is 0. The Morgan fingerprint density at radius 3 is 0.600 bits per heavy atom. The average molecular weight is 262 g/mol. The number of hydrogen-bond donors (Lipinski definition) is 0. The molecule has 0 aromatic heterocycles. The van der Waals surface area contributed by atoms with Gasteiger partial charge in [0.05, 0.1) is 0 Å². The minimum Gasteiger partial charge on any atom is -0.693 e. The topological polar surface area (TPSA) is 33.5 Å². The molecule has 10 heavy (non-hydrogen) atoms. The molecule has 1 radical (unpaired) electrons. The van der Waals surface area contributed by atoms with Gasteiger partial charge in [0.1, 0.15) is 0 Å². The van der Waals surface area contributed by atoms with Gasteiger partial charge in [-0.2, -0.15) is 0 Å². The molecule has 0 amide bonds. The molecule has 0 bridgehead atoms. The van der Waals surface area contributed by atoms with Crippen molar-refractivity contribution in [3.05, 3.63) is 19.5 Å². The van der Waals surface area contributed by atoms with E-state index >= 15 is 0 Å². The zero-order chi connectivity index (χ0) is 7.15. The SMILES string of the molecule is F[C-](F)F.F[C-](F)F.[Ag].[NH2-]. The summed E-state index contributed by atoms with van der Waals surface area (Å²) in [7, 11) is 0. The Bertz CT molecular complexity index is 31.2. The molecule has 0 heterocycles. The van der Waals surface area contributed by atoms with Gasteiger partial charge >= 0.3 is 0 Å².